The van der Waals surface area contributed by atoms with E-state index in [0.717, 1.165) is 10.0 Å². The van der Waals surface area contributed by atoms with Crippen molar-refractivity contribution in [2.75, 3.05) is 26.2 Å². The van der Waals surface area contributed by atoms with Gasteiger partial charge >= 0.3 is 0 Å². The molecule has 3 rings (SSSR count). The predicted octanol–water partition coefficient (Wildman–Crippen LogP) is 2.06. The number of sulfonamides is 1. The molecule has 1 saturated heterocycles. The lowest BCUT2D eigenvalue weighted by Gasteiger charge is -2.33. The Morgan fingerprint density at radius 3 is 2.38 bits per heavy atom. The maximum atomic E-state index is 12.5. The molecule has 2 heterocycles. The summed E-state index contributed by atoms with van der Waals surface area (Å²) in [4.78, 5) is 16.9. The van der Waals surface area contributed by atoms with Gasteiger partial charge in [0.05, 0.1) is 5.75 Å². The predicted molar refractivity (Wildman–Crippen MR) is 95.0 cm³/mol. The van der Waals surface area contributed by atoms with Gasteiger partial charge in [-0.05, 0) is 27.6 Å². The molecule has 0 spiro atoms. The van der Waals surface area contributed by atoms with E-state index in [-0.39, 0.29) is 11.7 Å². The van der Waals surface area contributed by atoms with Gasteiger partial charge in [-0.15, -0.1) is 0 Å². The third-order valence-corrected chi connectivity index (χ3v) is 6.30. The van der Waals surface area contributed by atoms with E-state index in [1.165, 1.54) is 4.31 Å². The molecule has 0 saturated carbocycles. The molecule has 128 valence electrons. The van der Waals surface area contributed by atoms with Gasteiger partial charge in [-0.3, -0.25) is 4.79 Å². The molecule has 0 unspecified atom stereocenters. The molecule has 1 aromatic carbocycles. The molecule has 0 aliphatic carbocycles. The molecule has 0 radical (unpaired) electrons. The smallest absolute Gasteiger partial charge is 0.270 e. The molecule has 8 heteroatoms. The number of aromatic amines is 1. The number of carbonyl (C=O) groups excluding carboxylic acids is 1. The number of benzene rings is 1. The van der Waals surface area contributed by atoms with Crippen molar-refractivity contribution in [1.82, 2.24) is 14.2 Å². The first-order chi connectivity index (χ1) is 11.5. The Bertz CT molecular complexity index is 812. The Kier molecular flexibility index (Phi) is 5.07. The standard InChI is InChI=1S/C16H18BrN3O3S/c17-14-10-15(18-11-14)16(21)19-6-8-20(9-7-19)24(22,23)12-13-4-2-1-3-5-13/h1-5,10-11,18H,6-9,12H2. The van der Waals surface area contributed by atoms with Gasteiger partial charge in [0.15, 0.2) is 0 Å². The van der Waals surface area contributed by atoms with Crippen molar-refractivity contribution >= 4 is 31.9 Å². The number of hydrogen-bond acceptors (Lipinski definition) is 3. The van der Waals surface area contributed by atoms with Crippen LogP contribution in [0.15, 0.2) is 47.1 Å². The monoisotopic (exact) mass is 411 g/mol. The quantitative estimate of drug-likeness (QED) is 0.836. The topological polar surface area (TPSA) is 73.5 Å². The van der Waals surface area contributed by atoms with E-state index in [1.54, 1.807) is 29.3 Å². The number of amides is 1. The summed E-state index contributed by atoms with van der Waals surface area (Å²) in [6, 6.07) is 10.9. The van der Waals surface area contributed by atoms with Crippen LogP contribution in [0.3, 0.4) is 0 Å². The van der Waals surface area contributed by atoms with E-state index in [4.69, 9.17) is 0 Å². The minimum atomic E-state index is -3.37. The van der Waals surface area contributed by atoms with Crippen molar-refractivity contribution in [1.29, 1.82) is 0 Å². The first-order valence-electron chi connectivity index (χ1n) is 7.61. The van der Waals surface area contributed by atoms with E-state index < -0.39 is 10.0 Å². The van der Waals surface area contributed by atoms with Crippen LogP contribution in [0, 0.1) is 0 Å². The van der Waals surface area contributed by atoms with Crippen LogP contribution in [-0.4, -0.2) is 54.7 Å². The molecule has 1 amide bonds. The molecule has 0 bridgehead atoms. The van der Waals surface area contributed by atoms with Gasteiger partial charge in [0.1, 0.15) is 5.69 Å². The number of hydrogen-bond donors (Lipinski definition) is 1. The van der Waals surface area contributed by atoms with Gasteiger partial charge in [-0.1, -0.05) is 30.3 Å². The summed E-state index contributed by atoms with van der Waals surface area (Å²) in [6.45, 7) is 1.43. The second-order valence-corrected chi connectivity index (χ2v) is 8.55. The summed E-state index contributed by atoms with van der Waals surface area (Å²) in [5.41, 5.74) is 1.27. The molecular formula is C16H18BrN3O3S. The summed E-state index contributed by atoms with van der Waals surface area (Å²) in [5, 5.41) is 0. The highest BCUT2D eigenvalue weighted by Gasteiger charge is 2.29. The van der Waals surface area contributed by atoms with Crippen molar-refractivity contribution in [3.8, 4) is 0 Å². The number of piperazine rings is 1. The molecule has 1 N–H and O–H groups in total. The van der Waals surface area contributed by atoms with Gasteiger partial charge in [-0.2, -0.15) is 4.31 Å². The first kappa shape index (κ1) is 17.2. The molecular weight excluding hydrogens is 394 g/mol. The van der Waals surface area contributed by atoms with Crippen molar-refractivity contribution in [3.05, 3.63) is 58.3 Å². The number of nitrogens with one attached hydrogen (secondary N) is 1. The summed E-state index contributed by atoms with van der Waals surface area (Å²) in [5.74, 6) is -0.119. The van der Waals surface area contributed by atoms with Crippen molar-refractivity contribution in [2.45, 2.75) is 5.75 Å². The van der Waals surface area contributed by atoms with Gasteiger partial charge in [-0.25, -0.2) is 8.42 Å². The molecule has 2 aromatic rings. The van der Waals surface area contributed by atoms with E-state index in [9.17, 15) is 13.2 Å². The Morgan fingerprint density at radius 2 is 1.79 bits per heavy atom. The molecule has 1 aliphatic rings. The van der Waals surface area contributed by atoms with Crippen LogP contribution < -0.4 is 0 Å². The summed E-state index contributed by atoms with van der Waals surface area (Å²) < 4.78 is 27.3. The van der Waals surface area contributed by atoms with Gasteiger partial charge in [0, 0.05) is 36.8 Å². The van der Waals surface area contributed by atoms with Crippen molar-refractivity contribution in [3.63, 3.8) is 0 Å². The van der Waals surface area contributed by atoms with Crippen LogP contribution in [0.1, 0.15) is 16.1 Å². The number of nitrogens with zero attached hydrogens (tertiary/aromatic N) is 2. The molecule has 0 atom stereocenters. The van der Waals surface area contributed by atoms with Crippen molar-refractivity contribution < 1.29 is 13.2 Å². The highest BCUT2D eigenvalue weighted by Crippen LogP contribution is 2.16. The first-order valence-corrected chi connectivity index (χ1v) is 10.0. The van der Waals surface area contributed by atoms with Crippen LogP contribution in [-0.2, 0) is 15.8 Å². The maximum absolute atomic E-state index is 12.5. The molecule has 24 heavy (non-hydrogen) atoms. The second kappa shape index (κ2) is 7.08. The number of aromatic nitrogens is 1. The van der Waals surface area contributed by atoms with E-state index in [1.807, 2.05) is 18.2 Å². The average Bonchev–Trinajstić information content (AvgIpc) is 3.01. The third-order valence-electron chi connectivity index (χ3n) is 3.99. The van der Waals surface area contributed by atoms with Gasteiger partial charge < -0.3 is 9.88 Å². The second-order valence-electron chi connectivity index (χ2n) is 5.66. The zero-order valence-electron chi connectivity index (χ0n) is 13.0. The zero-order valence-corrected chi connectivity index (χ0v) is 15.4. The fourth-order valence-electron chi connectivity index (χ4n) is 2.71. The summed E-state index contributed by atoms with van der Waals surface area (Å²) in [6.07, 6.45) is 1.70. The lowest BCUT2D eigenvalue weighted by atomic mass is 10.2. The Balaban J connectivity index is 1.61. The fourth-order valence-corrected chi connectivity index (χ4v) is 4.57. The van der Waals surface area contributed by atoms with E-state index in [2.05, 4.69) is 20.9 Å². The van der Waals surface area contributed by atoms with E-state index in [0.29, 0.717) is 31.9 Å². The zero-order chi connectivity index (χ0) is 17.2. The SMILES string of the molecule is O=C(c1cc(Br)c[nH]1)N1CCN(S(=O)(=O)Cc2ccccc2)CC1. The molecule has 6 nitrogen and oxygen atoms in total. The van der Waals surface area contributed by atoms with Gasteiger partial charge in [0.25, 0.3) is 5.91 Å². The third kappa shape index (κ3) is 3.88. The van der Waals surface area contributed by atoms with Crippen LogP contribution in [0.5, 0.6) is 0 Å². The lowest BCUT2D eigenvalue weighted by molar-refractivity contribution is 0.0692. The largest absolute Gasteiger partial charge is 0.356 e. The number of carbonyl (C=O) groups is 1. The van der Waals surface area contributed by atoms with Crippen LogP contribution >= 0.6 is 15.9 Å². The van der Waals surface area contributed by atoms with E-state index >= 15 is 0 Å². The average molecular weight is 412 g/mol. The minimum absolute atomic E-state index is 0.00857. The normalized spacial score (nSPS) is 16.3. The van der Waals surface area contributed by atoms with Crippen LogP contribution in [0.25, 0.3) is 0 Å². The van der Waals surface area contributed by atoms with Crippen molar-refractivity contribution in [2.24, 2.45) is 0 Å². The number of H-pyrrole nitrogens is 1. The Morgan fingerprint density at radius 1 is 1.12 bits per heavy atom. The fraction of sp³-hybridized carbons (Fsp3) is 0.312. The highest BCUT2D eigenvalue weighted by molar-refractivity contribution is 9.10. The number of rotatable bonds is 4. The molecule has 1 aromatic heterocycles. The maximum Gasteiger partial charge on any atom is 0.270 e. The summed E-state index contributed by atoms with van der Waals surface area (Å²) in [7, 11) is -3.37. The Hall–Kier alpha value is -1.64. The Labute approximate surface area is 149 Å². The van der Waals surface area contributed by atoms with Crippen LogP contribution in [0.2, 0.25) is 0 Å². The highest BCUT2D eigenvalue weighted by atomic mass is 79.9. The molecule has 1 aliphatic heterocycles. The van der Waals surface area contributed by atoms with Crippen LogP contribution in [0.4, 0.5) is 0 Å². The molecule has 1 fully saturated rings. The summed E-state index contributed by atoms with van der Waals surface area (Å²) >= 11 is 3.30. The van der Waals surface area contributed by atoms with Gasteiger partial charge in [0.2, 0.25) is 10.0 Å². The lowest BCUT2D eigenvalue weighted by Crippen LogP contribution is -2.50. The number of halogens is 1. The minimum Gasteiger partial charge on any atom is -0.356 e.